The van der Waals surface area contributed by atoms with Crippen molar-refractivity contribution in [3.05, 3.63) is 35.4 Å². The molecule has 1 amide bonds. The third-order valence-electron chi connectivity index (χ3n) is 4.10. The Morgan fingerprint density at radius 3 is 2.63 bits per heavy atom. The molecule has 0 saturated heterocycles. The standard InChI is InChI=1S/C16H22BrNO/c1-13-6-2-3-7-14(13)8-9-15(19)18-16(12-17)10-4-5-11-16/h2-3,6-7H,4-5,8-12H2,1H3,(H,18,19). The van der Waals surface area contributed by atoms with Crippen LogP contribution in [0.1, 0.15) is 43.2 Å². The molecule has 2 rings (SSSR count). The second kappa shape index (κ2) is 6.56. The highest BCUT2D eigenvalue weighted by Gasteiger charge is 2.33. The molecule has 2 nitrogen and oxygen atoms in total. The largest absolute Gasteiger partial charge is 0.350 e. The molecule has 0 unspecified atom stereocenters. The Morgan fingerprint density at radius 1 is 1.32 bits per heavy atom. The van der Waals surface area contributed by atoms with Crippen LogP contribution < -0.4 is 5.32 Å². The number of aryl methyl sites for hydroxylation is 2. The van der Waals surface area contributed by atoms with E-state index in [0.717, 1.165) is 24.6 Å². The van der Waals surface area contributed by atoms with Crippen LogP contribution in [-0.4, -0.2) is 16.8 Å². The summed E-state index contributed by atoms with van der Waals surface area (Å²) in [6.45, 7) is 2.10. The van der Waals surface area contributed by atoms with E-state index in [0.29, 0.717) is 6.42 Å². The maximum Gasteiger partial charge on any atom is 0.220 e. The monoisotopic (exact) mass is 323 g/mol. The SMILES string of the molecule is Cc1ccccc1CCC(=O)NC1(CBr)CCCC1. The maximum absolute atomic E-state index is 12.1. The Bertz CT molecular complexity index is 438. The first-order valence-corrected chi connectivity index (χ1v) is 8.19. The maximum atomic E-state index is 12.1. The minimum atomic E-state index is 0.0167. The number of hydrogen-bond donors (Lipinski definition) is 1. The Labute approximate surface area is 124 Å². The molecule has 0 aliphatic heterocycles. The number of hydrogen-bond acceptors (Lipinski definition) is 1. The molecule has 3 heteroatoms. The normalized spacial score (nSPS) is 17.4. The van der Waals surface area contributed by atoms with E-state index in [-0.39, 0.29) is 11.4 Å². The van der Waals surface area contributed by atoms with Crippen LogP contribution in [0.15, 0.2) is 24.3 Å². The molecule has 1 aromatic rings. The average Bonchev–Trinajstić information content (AvgIpc) is 2.87. The molecule has 104 valence electrons. The van der Waals surface area contributed by atoms with Crippen molar-refractivity contribution in [1.29, 1.82) is 0 Å². The van der Waals surface area contributed by atoms with E-state index in [4.69, 9.17) is 0 Å². The number of halogens is 1. The van der Waals surface area contributed by atoms with Crippen molar-refractivity contribution >= 4 is 21.8 Å². The van der Waals surface area contributed by atoms with Gasteiger partial charge in [0.05, 0.1) is 0 Å². The van der Waals surface area contributed by atoms with E-state index in [2.05, 4.69) is 40.3 Å². The molecule has 0 spiro atoms. The van der Waals surface area contributed by atoms with E-state index in [9.17, 15) is 4.79 Å². The third-order valence-corrected chi connectivity index (χ3v) is 5.18. The molecule has 0 aromatic heterocycles. The van der Waals surface area contributed by atoms with Crippen LogP contribution in [0.5, 0.6) is 0 Å². The van der Waals surface area contributed by atoms with Gasteiger partial charge in [-0.2, -0.15) is 0 Å². The van der Waals surface area contributed by atoms with Crippen LogP contribution in [0.3, 0.4) is 0 Å². The molecule has 1 aliphatic rings. The topological polar surface area (TPSA) is 29.1 Å². The number of carbonyl (C=O) groups is 1. The van der Waals surface area contributed by atoms with Gasteiger partial charge in [-0.25, -0.2) is 0 Å². The second-order valence-corrected chi connectivity index (χ2v) is 6.16. The van der Waals surface area contributed by atoms with Crippen LogP contribution in [-0.2, 0) is 11.2 Å². The molecule has 1 N–H and O–H groups in total. The van der Waals surface area contributed by atoms with Gasteiger partial charge in [0.15, 0.2) is 0 Å². The van der Waals surface area contributed by atoms with Crippen molar-refractivity contribution in [2.75, 3.05) is 5.33 Å². The molecule has 1 aliphatic carbocycles. The van der Waals surface area contributed by atoms with Crippen molar-refractivity contribution in [3.63, 3.8) is 0 Å². The summed E-state index contributed by atoms with van der Waals surface area (Å²) in [5.74, 6) is 0.185. The van der Waals surface area contributed by atoms with E-state index < -0.39 is 0 Å². The van der Waals surface area contributed by atoms with Gasteiger partial charge >= 0.3 is 0 Å². The van der Waals surface area contributed by atoms with Crippen molar-refractivity contribution in [3.8, 4) is 0 Å². The van der Waals surface area contributed by atoms with E-state index in [1.165, 1.54) is 24.0 Å². The molecule has 0 bridgehead atoms. The molecule has 0 atom stereocenters. The van der Waals surface area contributed by atoms with Gasteiger partial charge in [0.2, 0.25) is 5.91 Å². The molecule has 1 saturated carbocycles. The Morgan fingerprint density at radius 2 is 2.00 bits per heavy atom. The van der Waals surface area contributed by atoms with Gasteiger partial charge in [-0.15, -0.1) is 0 Å². The zero-order chi connectivity index (χ0) is 13.7. The number of carbonyl (C=O) groups excluding carboxylic acids is 1. The van der Waals surface area contributed by atoms with Gasteiger partial charge in [0, 0.05) is 17.3 Å². The van der Waals surface area contributed by atoms with Gasteiger partial charge < -0.3 is 5.32 Å². The molecule has 1 fully saturated rings. The first kappa shape index (κ1) is 14.6. The van der Waals surface area contributed by atoms with Crippen LogP contribution >= 0.6 is 15.9 Å². The molecular formula is C16H22BrNO. The van der Waals surface area contributed by atoms with Gasteiger partial charge in [-0.05, 0) is 37.3 Å². The molecule has 19 heavy (non-hydrogen) atoms. The predicted molar refractivity (Wildman–Crippen MR) is 82.6 cm³/mol. The summed E-state index contributed by atoms with van der Waals surface area (Å²) in [5.41, 5.74) is 2.56. The van der Waals surface area contributed by atoms with Crippen molar-refractivity contribution < 1.29 is 4.79 Å². The van der Waals surface area contributed by atoms with Crippen LogP contribution in [0.2, 0.25) is 0 Å². The zero-order valence-electron chi connectivity index (χ0n) is 11.5. The fraction of sp³-hybridized carbons (Fsp3) is 0.562. The second-order valence-electron chi connectivity index (χ2n) is 5.60. The average molecular weight is 324 g/mol. The summed E-state index contributed by atoms with van der Waals surface area (Å²) in [4.78, 5) is 12.1. The minimum Gasteiger partial charge on any atom is -0.350 e. The fourth-order valence-corrected chi connectivity index (χ4v) is 3.54. The summed E-state index contributed by atoms with van der Waals surface area (Å²) in [5, 5.41) is 4.12. The van der Waals surface area contributed by atoms with Crippen LogP contribution in [0, 0.1) is 6.92 Å². The Kier molecular flexibility index (Phi) is 5.03. The highest BCUT2D eigenvalue weighted by atomic mass is 79.9. The van der Waals surface area contributed by atoms with Gasteiger partial charge in [-0.1, -0.05) is 53.0 Å². The molecular weight excluding hydrogens is 302 g/mol. The smallest absolute Gasteiger partial charge is 0.220 e. The first-order valence-electron chi connectivity index (χ1n) is 7.07. The molecule has 0 radical (unpaired) electrons. The lowest BCUT2D eigenvalue weighted by molar-refractivity contribution is -0.122. The third kappa shape index (κ3) is 3.82. The van der Waals surface area contributed by atoms with Gasteiger partial charge in [0.1, 0.15) is 0 Å². The lowest BCUT2D eigenvalue weighted by Gasteiger charge is -2.28. The summed E-state index contributed by atoms with van der Waals surface area (Å²) in [6.07, 6.45) is 6.08. The lowest BCUT2D eigenvalue weighted by Crippen LogP contribution is -2.47. The van der Waals surface area contributed by atoms with Crippen molar-refractivity contribution in [2.45, 2.75) is 51.0 Å². The predicted octanol–water partition coefficient (Wildman–Crippen LogP) is 3.75. The van der Waals surface area contributed by atoms with Crippen LogP contribution in [0.25, 0.3) is 0 Å². The summed E-state index contributed by atoms with van der Waals surface area (Å²) >= 11 is 3.55. The highest BCUT2D eigenvalue weighted by molar-refractivity contribution is 9.09. The summed E-state index contributed by atoms with van der Waals surface area (Å²) < 4.78 is 0. The first-order chi connectivity index (χ1) is 9.15. The zero-order valence-corrected chi connectivity index (χ0v) is 13.1. The van der Waals surface area contributed by atoms with E-state index >= 15 is 0 Å². The fourth-order valence-electron chi connectivity index (χ4n) is 2.84. The molecule has 0 heterocycles. The van der Waals surface area contributed by atoms with E-state index in [1.54, 1.807) is 0 Å². The van der Waals surface area contributed by atoms with Crippen molar-refractivity contribution in [1.82, 2.24) is 5.32 Å². The number of alkyl halides is 1. The Hall–Kier alpha value is -0.830. The summed E-state index contributed by atoms with van der Waals surface area (Å²) in [6, 6.07) is 8.29. The van der Waals surface area contributed by atoms with Gasteiger partial charge in [-0.3, -0.25) is 4.79 Å². The highest BCUT2D eigenvalue weighted by Crippen LogP contribution is 2.31. The lowest BCUT2D eigenvalue weighted by atomic mass is 9.99. The number of amides is 1. The number of rotatable bonds is 5. The number of benzene rings is 1. The number of nitrogens with one attached hydrogen (secondary N) is 1. The molecule has 1 aromatic carbocycles. The van der Waals surface area contributed by atoms with Crippen LogP contribution in [0.4, 0.5) is 0 Å². The quantitative estimate of drug-likeness (QED) is 0.821. The summed E-state index contributed by atoms with van der Waals surface area (Å²) in [7, 11) is 0. The van der Waals surface area contributed by atoms with Crippen molar-refractivity contribution in [2.24, 2.45) is 0 Å². The van der Waals surface area contributed by atoms with Gasteiger partial charge in [0.25, 0.3) is 0 Å². The Balaban J connectivity index is 1.86. The minimum absolute atomic E-state index is 0.0167. The van der Waals surface area contributed by atoms with E-state index in [1.807, 2.05) is 12.1 Å².